The second kappa shape index (κ2) is 9.23. The maximum atomic E-state index is 13.9. The van der Waals surface area contributed by atoms with Gasteiger partial charge in [0.25, 0.3) is 5.91 Å². The predicted octanol–water partition coefficient (Wildman–Crippen LogP) is 6.53. The van der Waals surface area contributed by atoms with Gasteiger partial charge in [-0.15, -0.1) is 0 Å². The van der Waals surface area contributed by atoms with E-state index in [0.717, 1.165) is 48.5 Å². The zero-order chi connectivity index (χ0) is 23.5. The molecule has 0 aliphatic rings. The molecule has 0 spiro atoms. The number of carbonyl (C=O) groups is 2. The minimum absolute atomic E-state index is 0.0911. The Morgan fingerprint density at radius 1 is 0.812 bits per heavy atom. The number of anilines is 3. The fourth-order valence-electron chi connectivity index (χ4n) is 2.65. The van der Waals surface area contributed by atoms with Gasteiger partial charge >= 0.3 is 12.2 Å². The Hall–Kier alpha value is -3.66. The zero-order valence-electron chi connectivity index (χ0n) is 15.9. The van der Waals surface area contributed by atoms with E-state index in [1.165, 1.54) is 12.1 Å². The fraction of sp³-hybridized carbons (Fsp3) is 0.0476. The van der Waals surface area contributed by atoms with Crippen LogP contribution in [0.15, 0.2) is 60.7 Å². The number of rotatable bonds is 4. The summed E-state index contributed by atoms with van der Waals surface area (Å²) in [5.74, 6) is -2.60. The van der Waals surface area contributed by atoms with Crippen molar-refractivity contribution in [2.75, 3.05) is 16.0 Å². The van der Waals surface area contributed by atoms with E-state index >= 15 is 0 Å². The summed E-state index contributed by atoms with van der Waals surface area (Å²) in [6.45, 7) is 0. The molecule has 166 valence electrons. The van der Waals surface area contributed by atoms with E-state index in [2.05, 4.69) is 16.0 Å². The van der Waals surface area contributed by atoms with Crippen molar-refractivity contribution in [2.24, 2.45) is 0 Å². The molecule has 0 aliphatic heterocycles. The van der Waals surface area contributed by atoms with E-state index in [9.17, 15) is 31.5 Å². The van der Waals surface area contributed by atoms with E-state index in [-0.39, 0.29) is 22.1 Å². The summed E-state index contributed by atoms with van der Waals surface area (Å²) in [6, 6.07) is 9.22. The molecular formula is C21H13ClF5N3O2. The number of benzene rings is 3. The van der Waals surface area contributed by atoms with Gasteiger partial charge in [0.2, 0.25) is 0 Å². The first-order valence-corrected chi connectivity index (χ1v) is 9.22. The minimum Gasteiger partial charge on any atom is -0.320 e. The third kappa shape index (κ3) is 5.73. The lowest BCUT2D eigenvalue weighted by atomic mass is 10.2. The van der Waals surface area contributed by atoms with Gasteiger partial charge in [-0.3, -0.25) is 4.79 Å². The first-order valence-electron chi connectivity index (χ1n) is 8.84. The van der Waals surface area contributed by atoms with Gasteiger partial charge in [-0.1, -0.05) is 17.7 Å². The fourth-order valence-corrected chi connectivity index (χ4v) is 2.82. The monoisotopic (exact) mass is 469 g/mol. The molecule has 3 amide bonds. The van der Waals surface area contributed by atoms with Gasteiger partial charge in [-0.25, -0.2) is 13.6 Å². The lowest BCUT2D eigenvalue weighted by molar-refractivity contribution is -0.137. The van der Waals surface area contributed by atoms with Crippen molar-refractivity contribution in [3.8, 4) is 0 Å². The average Bonchev–Trinajstić information content (AvgIpc) is 2.71. The van der Waals surface area contributed by atoms with Gasteiger partial charge < -0.3 is 16.0 Å². The molecule has 3 N–H and O–H groups in total. The highest BCUT2D eigenvalue weighted by Crippen LogP contribution is 2.31. The molecule has 0 radical (unpaired) electrons. The van der Waals surface area contributed by atoms with Gasteiger partial charge in [0, 0.05) is 10.7 Å². The summed E-state index contributed by atoms with van der Waals surface area (Å²) in [7, 11) is 0. The van der Waals surface area contributed by atoms with Gasteiger partial charge in [-0.05, 0) is 54.6 Å². The highest BCUT2D eigenvalue weighted by atomic mass is 35.5. The molecular weight excluding hydrogens is 457 g/mol. The third-order valence-corrected chi connectivity index (χ3v) is 4.33. The SMILES string of the molecule is O=C(Nc1cccc(C(F)(F)F)c1)Nc1ccc(F)cc1NC(=O)c1cc(Cl)ccc1F. The normalized spacial score (nSPS) is 11.1. The number of nitrogens with one attached hydrogen (secondary N) is 3. The van der Waals surface area contributed by atoms with Crippen LogP contribution in [0.25, 0.3) is 0 Å². The zero-order valence-corrected chi connectivity index (χ0v) is 16.6. The van der Waals surface area contributed by atoms with Crippen molar-refractivity contribution in [3.63, 3.8) is 0 Å². The van der Waals surface area contributed by atoms with E-state index in [1.54, 1.807) is 0 Å². The molecule has 0 atom stereocenters. The second-order valence-corrected chi connectivity index (χ2v) is 6.86. The molecule has 0 bridgehead atoms. The van der Waals surface area contributed by atoms with Crippen LogP contribution >= 0.6 is 11.6 Å². The molecule has 32 heavy (non-hydrogen) atoms. The van der Waals surface area contributed by atoms with Crippen LogP contribution in [0, 0.1) is 11.6 Å². The molecule has 0 saturated heterocycles. The Bertz CT molecular complexity index is 1180. The van der Waals surface area contributed by atoms with Crippen molar-refractivity contribution in [3.05, 3.63) is 88.4 Å². The molecule has 0 saturated carbocycles. The van der Waals surface area contributed by atoms with Crippen molar-refractivity contribution in [1.82, 2.24) is 0 Å². The molecule has 3 aromatic carbocycles. The minimum atomic E-state index is -4.60. The highest BCUT2D eigenvalue weighted by molar-refractivity contribution is 6.31. The summed E-state index contributed by atoms with van der Waals surface area (Å²) < 4.78 is 66.1. The number of alkyl halides is 3. The topological polar surface area (TPSA) is 70.2 Å². The maximum absolute atomic E-state index is 13.9. The van der Waals surface area contributed by atoms with E-state index in [0.29, 0.717) is 0 Å². The molecule has 0 unspecified atom stereocenters. The summed E-state index contributed by atoms with van der Waals surface area (Å²) in [6.07, 6.45) is -4.60. The molecule has 5 nitrogen and oxygen atoms in total. The van der Waals surface area contributed by atoms with Crippen molar-refractivity contribution in [1.29, 1.82) is 0 Å². The second-order valence-electron chi connectivity index (χ2n) is 6.43. The highest BCUT2D eigenvalue weighted by Gasteiger charge is 2.30. The number of halogens is 6. The van der Waals surface area contributed by atoms with E-state index in [1.807, 2.05) is 0 Å². The van der Waals surface area contributed by atoms with E-state index < -0.39 is 40.9 Å². The van der Waals surface area contributed by atoms with Crippen molar-refractivity contribution < 1.29 is 31.5 Å². The Kier molecular flexibility index (Phi) is 6.64. The summed E-state index contributed by atoms with van der Waals surface area (Å²) in [5, 5.41) is 6.86. The summed E-state index contributed by atoms with van der Waals surface area (Å²) in [5.41, 5.74) is -1.83. The van der Waals surface area contributed by atoms with Gasteiger partial charge in [0.1, 0.15) is 11.6 Å². The molecule has 0 fully saturated rings. The quantitative estimate of drug-likeness (QED) is 0.380. The standard InChI is InChI=1S/C21H13ClF5N3O2/c22-12-4-6-16(24)15(9-12)19(31)29-18-10-13(23)5-7-17(18)30-20(32)28-14-3-1-2-11(8-14)21(25,26)27/h1-10H,(H,29,31)(H2,28,30,32). The first kappa shape index (κ1) is 23.0. The maximum Gasteiger partial charge on any atom is 0.416 e. The Balaban J connectivity index is 1.78. The Morgan fingerprint density at radius 2 is 1.56 bits per heavy atom. The van der Waals surface area contributed by atoms with Crippen LogP contribution in [0.3, 0.4) is 0 Å². The largest absolute Gasteiger partial charge is 0.416 e. The first-order chi connectivity index (χ1) is 15.0. The van der Waals surface area contributed by atoms with Crippen LogP contribution in [-0.2, 0) is 6.18 Å². The van der Waals surface area contributed by atoms with Crippen LogP contribution in [0.1, 0.15) is 15.9 Å². The lowest BCUT2D eigenvalue weighted by Gasteiger charge is -2.14. The number of carbonyl (C=O) groups excluding carboxylic acids is 2. The number of hydrogen-bond donors (Lipinski definition) is 3. The average molecular weight is 470 g/mol. The molecule has 11 heteroatoms. The summed E-state index contributed by atoms with van der Waals surface area (Å²) >= 11 is 5.76. The van der Waals surface area contributed by atoms with Crippen molar-refractivity contribution >= 4 is 40.6 Å². The van der Waals surface area contributed by atoms with Crippen LogP contribution in [0.4, 0.5) is 43.8 Å². The Morgan fingerprint density at radius 3 is 2.28 bits per heavy atom. The molecule has 0 aromatic heterocycles. The Labute approximate surface area is 183 Å². The van der Waals surface area contributed by atoms with Crippen LogP contribution in [-0.4, -0.2) is 11.9 Å². The van der Waals surface area contributed by atoms with E-state index in [4.69, 9.17) is 11.6 Å². The number of hydrogen-bond acceptors (Lipinski definition) is 2. The molecule has 3 aromatic rings. The van der Waals surface area contributed by atoms with Crippen LogP contribution < -0.4 is 16.0 Å². The van der Waals surface area contributed by atoms with Gasteiger partial charge in [0.15, 0.2) is 0 Å². The molecule has 3 rings (SSSR count). The van der Waals surface area contributed by atoms with Crippen LogP contribution in [0.2, 0.25) is 5.02 Å². The predicted molar refractivity (Wildman–Crippen MR) is 110 cm³/mol. The number of urea groups is 1. The lowest BCUT2D eigenvalue weighted by Crippen LogP contribution is -2.22. The summed E-state index contributed by atoms with van der Waals surface area (Å²) in [4.78, 5) is 24.6. The van der Waals surface area contributed by atoms with Gasteiger partial charge in [0.05, 0.1) is 22.5 Å². The van der Waals surface area contributed by atoms with Crippen molar-refractivity contribution in [2.45, 2.75) is 6.18 Å². The smallest absolute Gasteiger partial charge is 0.320 e. The molecule has 0 heterocycles. The molecule has 0 aliphatic carbocycles. The van der Waals surface area contributed by atoms with Crippen LogP contribution in [0.5, 0.6) is 0 Å². The third-order valence-electron chi connectivity index (χ3n) is 4.10. The van der Waals surface area contributed by atoms with Gasteiger partial charge in [-0.2, -0.15) is 13.2 Å². The number of amides is 3.